The Labute approximate surface area is 120 Å². The Hall–Kier alpha value is -1.96. The second-order valence-corrected chi connectivity index (χ2v) is 5.62. The summed E-state index contributed by atoms with van der Waals surface area (Å²) in [5.41, 5.74) is 2.32. The lowest BCUT2D eigenvalue weighted by atomic mass is 9.82. The summed E-state index contributed by atoms with van der Waals surface area (Å²) < 4.78 is 0. The summed E-state index contributed by atoms with van der Waals surface area (Å²) in [6, 6.07) is 18.8. The maximum atomic E-state index is 9.81. The molecule has 0 spiro atoms. The summed E-state index contributed by atoms with van der Waals surface area (Å²) in [7, 11) is 0. The van der Waals surface area contributed by atoms with Gasteiger partial charge in [0.1, 0.15) is 5.75 Å². The van der Waals surface area contributed by atoms with Gasteiger partial charge in [-0.1, -0.05) is 42.5 Å². The predicted octanol–water partition coefficient (Wildman–Crippen LogP) is 4.53. The Morgan fingerprint density at radius 2 is 1.45 bits per heavy atom. The highest BCUT2D eigenvalue weighted by atomic mass is 16.3. The van der Waals surface area contributed by atoms with Crippen molar-refractivity contribution in [2.24, 2.45) is 0 Å². The van der Waals surface area contributed by atoms with E-state index in [9.17, 15) is 5.11 Å². The molecule has 0 aromatic heterocycles. The van der Waals surface area contributed by atoms with Crippen LogP contribution in [0.1, 0.15) is 37.2 Å². The molecule has 0 amide bonds. The smallest absolute Gasteiger partial charge is 0.138 e. The fourth-order valence-electron chi connectivity index (χ4n) is 3.11. The highest BCUT2D eigenvalue weighted by Crippen LogP contribution is 2.34. The number of hydrogen-bond acceptors (Lipinski definition) is 2. The lowest BCUT2D eigenvalue weighted by molar-refractivity contribution is 0.410. The quantitative estimate of drug-likeness (QED) is 0.801. The first-order chi connectivity index (χ1) is 9.83. The monoisotopic (exact) mass is 267 g/mol. The minimum absolute atomic E-state index is 0.345. The largest absolute Gasteiger partial charge is 0.506 e. The first-order valence-electron chi connectivity index (χ1n) is 7.42. The fraction of sp³-hybridized carbons (Fsp3) is 0.333. The van der Waals surface area contributed by atoms with Crippen molar-refractivity contribution in [1.82, 2.24) is 0 Å². The topological polar surface area (TPSA) is 32.3 Å². The van der Waals surface area contributed by atoms with E-state index < -0.39 is 0 Å². The van der Waals surface area contributed by atoms with Crippen molar-refractivity contribution in [2.45, 2.75) is 37.6 Å². The van der Waals surface area contributed by atoms with Crippen molar-refractivity contribution >= 4 is 5.69 Å². The van der Waals surface area contributed by atoms with Crippen molar-refractivity contribution < 1.29 is 5.11 Å². The molecule has 0 bridgehead atoms. The molecule has 2 nitrogen and oxygen atoms in total. The van der Waals surface area contributed by atoms with Crippen LogP contribution < -0.4 is 5.32 Å². The average molecular weight is 267 g/mol. The molecule has 1 aliphatic carbocycles. The second-order valence-electron chi connectivity index (χ2n) is 5.62. The van der Waals surface area contributed by atoms with Crippen LogP contribution in [0.5, 0.6) is 5.75 Å². The molecular formula is C18H21NO. The molecular weight excluding hydrogens is 246 g/mol. The Bertz CT molecular complexity index is 544. The maximum absolute atomic E-state index is 9.81. The van der Waals surface area contributed by atoms with Gasteiger partial charge >= 0.3 is 0 Å². The van der Waals surface area contributed by atoms with Crippen molar-refractivity contribution in [3.8, 4) is 5.75 Å². The van der Waals surface area contributed by atoms with Gasteiger partial charge in [0.25, 0.3) is 0 Å². The number of para-hydroxylation sites is 2. The first-order valence-corrected chi connectivity index (χ1v) is 7.42. The van der Waals surface area contributed by atoms with Crippen LogP contribution in [-0.2, 0) is 0 Å². The fourth-order valence-corrected chi connectivity index (χ4v) is 3.11. The van der Waals surface area contributed by atoms with Crippen LogP contribution in [0.15, 0.2) is 54.6 Å². The zero-order valence-electron chi connectivity index (χ0n) is 11.6. The van der Waals surface area contributed by atoms with E-state index in [1.165, 1.54) is 18.4 Å². The summed E-state index contributed by atoms with van der Waals surface area (Å²) in [4.78, 5) is 0. The van der Waals surface area contributed by atoms with Gasteiger partial charge in [-0.15, -0.1) is 0 Å². The minimum Gasteiger partial charge on any atom is -0.506 e. The van der Waals surface area contributed by atoms with E-state index in [-0.39, 0.29) is 0 Å². The van der Waals surface area contributed by atoms with E-state index >= 15 is 0 Å². The number of phenolic OH excluding ortho intramolecular Hbond substituents is 1. The van der Waals surface area contributed by atoms with Gasteiger partial charge in [0.05, 0.1) is 5.69 Å². The molecule has 20 heavy (non-hydrogen) atoms. The number of benzene rings is 2. The van der Waals surface area contributed by atoms with E-state index in [0.29, 0.717) is 17.7 Å². The highest BCUT2D eigenvalue weighted by Gasteiger charge is 2.22. The average Bonchev–Trinajstić information content (AvgIpc) is 2.51. The molecule has 1 fully saturated rings. The summed E-state index contributed by atoms with van der Waals surface area (Å²) in [5, 5.41) is 13.3. The number of hydrogen-bond donors (Lipinski definition) is 2. The number of phenols is 1. The van der Waals surface area contributed by atoms with Gasteiger partial charge in [0, 0.05) is 6.04 Å². The molecule has 0 unspecified atom stereocenters. The van der Waals surface area contributed by atoms with Crippen LogP contribution in [0.3, 0.4) is 0 Å². The van der Waals surface area contributed by atoms with E-state index in [1.54, 1.807) is 6.07 Å². The third kappa shape index (κ3) is 2.96. The number of rotatable bonds is 3. The van der Waals surface area contributed by atoms with Crippen LogP contribution in [0.25, 0.3) is 0 Å². The van der Waals surface area contributed by atoms with Gasteiger partial charge in [-0.2, -0.15) is 0 Å². The standard InChI is InChI=1S/C18H21NO/c20-18-9-5-4-8-17(18)19-16-12-10-15(11-13-16)14-6-2-1-3-7-14/h1-9,15-16,19-20H,10-13H2. The molecule has 0 radical (unpaired) electrons. The molecule has 1 saturated carbocycles. The number of nitrogens with one attached hydrogen (secondary N) is 1. The van der Waals surface area contributed by atoms with Crippen LogP contribution in [-0.4, -0.2) is 11.1 Å². The molecule has 0 aliphatic heterocycles. The molecule has 2 aromatic rings. The van der Waals surface area contributed by atoms with Crippen LogP contribution >= 0.6 is 0 Å². The van der Waals surface area contributed by atoms with Gasteiger partial charge in [-0.25, -0.2) is 0 Å². The molecule has 0 heterocycles. The van der Waals surface area contributed by atoms with Crippen LogP contribution in [0, 0.1) is 0 Å². The van der Waals surface area contributed by atoms with E-state index in [0.717, 1.165) is 18.5 Å². The predicted molar refractivity (Wildman–Crippen MR) is 83.2 cm³/mol. The lowest BCUT2D eigenvalue weighted by Gasteiger charge is -2.30. The Morgan fingerprint density at radius 3 is 2.15 bits per heavy atom. The van der Waals surface area contributed by atoms with Crippen molar-refractivity contribution in [3.05, 3.63) is 60.2 Å². The summed E-state index contributed by atoms with van der Waals surface area (Å²) in [6.07, 6.45) is 4.76. The van der Waals surface area contributed by atoms with Crippen LogP contribution in [0.2, 0.25) is 0 Å². The highest BCUT2D eigenvalue weighted by molar-refractivity contribution is 5.55. The molecule has 0 atom stereocenters. The third-order valence-electron chi connectivity index (χ3n) is 4.26. The van der Waals surface area contributed by atoms with Gasteiger partial charge in [0.2, 0.25) is 0 Å². The molecule has 2 aromatic carbocycles. The van der Waals surface area contributed by atoms with Gasteiger partial charge < -0.3 is 10.4 Å². The lowest BCUT2D eigenvalue weighted by Crippen LogP contribution is -2.25. The van der Waals surface area contributed by atoms with Crippen molar-refractivity contribution in [3.63, 3.8) is 0 Å². The Kier molecular flexibility index (Phi) is 3.91. The molecule has 0 saturated heterocycles. The van der Waals surface area contributed by atoms with E-state index in [2.05, 4.69) is 35.6 Å². The van der Waals surface area contributed by atoms with Crippen LogP contribution in [0.4, 0.5) is 5.69 Å². The zero-order chi connectivity index (χ0) is 13.8. The van der Waals surface area contributed by atoms with Crippen molar-refractivity contribution in [2.75, 3.05) is 5.32 Å². The molecule has 3 rings (SSSR count). The SMILES string of the molecule is Oc1ccccc1NC1CCC(c2ccccc2)CC1. The van der Waals surface area contributed by atoms with E-state index in [1.807, 2.05) is 18.2 Å². The number of anilines is 1. The Balaban J connectivity index is 1.58. The maximum Gasteiger partial charge on any atom is 0.138 e. The summed E-state index contributed by atoms with van der Waals surface area (Å²) >= 11 is 0. The van der Waals surface area contributed by atoms with Gasteiger partial charge in [-0.3, -0.25) is 0 Å². The zero-order valence-corrected chi connectivity index (χ0v) is 11.6. The molecule has 1 aliphatic rings. The van der Waals surface area contributed by atoms with Crippen molar-refractivity contribution in [1.29, 1.82) is 0 Å². The molecule has 2 heteroatoms. The van der Waals surface area contributed by atoms with E-state index in [4.69, 9.17) is 0 Å². The third-order valence-corrected chi connectivity index (χ3v) is 4.26. The summed E-state index contributed by atoms with van der Waals surface area (Å²) in [6.45, 7) is 0. The first kappa shape index (κ1) is 13.0. The normalized spacial score (nSPS) is 22.4. The summed E-state index contributed by atoms with van der Waals surface area (Å²) in [5.74, 6) is 1.04. The molecule has 2 N–H and O–H groups in total. The van der Waals surface area contributed by atoms with Gasteiger partial charge in [-0.05, 0) is 49.3 Å². The molecule has 104 valence electrons. The minimum atomic E-state index is 0.345. The number of aromatic hydroxyl groups is 1. The van der Waals surface area contributed by atoms with Gasteiger partial charge in [0.15, 0.2) is 0 Å². The Morgan fingerprint density at radius 1 is 0.800 bits per heavy atom. The second kappa shape index (κ2) is 6.00.